The standard InChI is InChI=1S/C15H30N2O2/c1-2-16-11-15(6-4-8-19-13-15)12-17-7-3-5-14(9-17)10-18/h14,16,18H,2-13H2,1H3. The van der Waals surface area contributed by atoms with Gasteiger partial charge in [0, 0.05) is 38.3 Å². The maximum Gasteiger partial charge on any atom is 0.0546 e. The fourth-order valence-electron chi connectivity index (χ4n) is 3.54. The Hall–Kier alpha value is -0.160. The van der Waals surface area contributed by atoms with Crippen molar-refractivity contribution in [2.24, 2.45) is 11.3 Å². The minimum absolute atomic E-state index is 0.283. The number of likely N-dealkylation sites (tertiary alicyclic amines) is 1. The maximum atomic E-state index is 9.36. The van der Waals surface area contributed by atoms with Crippen molar-refractivity contribution in [3.05, 3.63) is 0 Å². The van der Waals surface area contributed by atoms with Gasteiger partial charge in [0.05, 0.1) is 6.61 Å². The Bertz CT molecular complexity index is 255. The highest BCUT2D eigenvalue weighted by molar-refractivity contribution is 4.88. The molecule has 0 spiro atoms. The van der Waals surface area contributed by atoms with E-state index in [2.05, 4.69) is 17.1 Å². The van der Waals surface area contributed by atoms with E-state index in [1.807, 2.05) is 0 Å². The highest BCUT2D eigenvalue weighted by Gasteiger charge is 2.35. The third-order valence-corrected chi connectivity index (χ3v) is 4.57. The third kappa shape index (κ3) is 4.42. The summed E-state index contributed by atoms with van der Waals surface area (Å²) < 4.78 is 5.76. The molecule has 2 saturated heterocycles. The molecule has 0 aromatic carbocycles. The summed E-state index contributed by atoms with van der Waals surface area (Å²) in [6, 6.07) is 0. The summed E-state index contributed by atoms with van der Waals surface area (Å²) in [5.74, 6) is 0.481. The number of hydrogen-bond donors (Lipinski definition) is 2. The molecule has 112 valence electrons. The van der Waals surface area contributed by atoms with Crippen LogP contribution in [0.15, 0.2) is 0 Å². The second-order valence-electron chi connectivity index (χ2n) is 6.36. The van der Waals surface area contributed by atoms with Crippen molar-refractivity contribution in [3.8, 4) is 0 Å². The van der Waals surface area contributed by atoms with Gasteiger partial charge >= 0.3 is 0 Å². The topological polar surface area (TPSA) is 44.7 Å². The Morgan fingerprint density at radius 2 is 2.32 bits per heavy atom. The fraction of sp³-hybridized carbons (Fsp3) is 1.00. The molecule has 0 aromatic heterocycles. The van der Waals surface area contributed by atoms with E-state index in [0.29, 0.717) is 12.5 Å². The number of hydrogen-bond acceptors (Lipinski definition) is 4. The molecule has 2 aliphatic heterocycles. The molecule has 0 amide bonds. The largest absolute Gasteiger partial charge is 0.396 e. The molecule has 0 aromatic rings. The van der Waals surface area contributed by atoms with E-state index in [1.54, 1.807) is 0 Å². The molecule has 2 fully saturated rings. The SMILES string of the molecule is CCNCC1(CN2CCCC(CO)C2)CCCOC1. The van der Waals surface area contributed by atoms with Crippen LogP contribution in [0, 0.1) is 11.3 Å². The summed E-state index contributed by atoms with van der Waals surface area (Å²) in [6.45, 7) is 9.77. The maximum absolute atomic E-state index is 9.36. The zero-order valence-corrected chi connectivity index (χ0v) is 12.4. The van der Waals surface area contributed by atoms with Gasteiger partial charge in [-0.2, -0.15) is 0 Å². The van der Waals surface area contributed by atoms with Crippen LogP contribution in [0.25, 0.3) is 0 Å². The zero-order valence-electron chi connectivity index (χ0n) is 12.4. The molecule has 2 aliphatic rings. The van der Waals surface area contributed by atoms with Crippen LogP contribution in [0.2, 0.25) is 0 Å². The van der Waals surface area contributed by atoms with Crippen LogP contribution in [0.5, 0.6) is 0 Å². The molecule has 2 atom stereocenters. The smallest absolute Gasteiger partial charge is 0.0546 e. The zero-order chi connectivity index (χ0) is 13.6. The van der Waals surface area contributed by atoms with Gasteiger partial charge in [0.15, 0.2) is 0 Å². The van der Waals surface area contributed by atoms with Gasteiger partial charge in [-0.1, -0.05) is 6.92 Å². The number of piperidine rings is 1. The van der Waals surface area contributed by atoms with Gasteiger partial charge in [0.2, 0.25) is 0 Å². The van der Waals surface area contributed by atoms with Crippen molar-refractivity contribution in [2.45, 2.75) is 32.6 Å². The van der Waals surface area contributed by atoms with Crippen LogP contribution in [0.4, 0.5) is 0 Å². The molecule has 0 aliphatic carbocycles. The van der Waals surface area contributed by atoms with Gasteiger partial charge in [-0.15, -0.1) is 0 Å². The van der Waals surface area contributed by atoms with E-state index in [9.17, 15) is 5.11 Å². The molecule has 2 rings (SSSR count). The average molecular weight is 270 g/mol. The molecule has 2 heterocycles. The Balaban J connectivity index is 1.90. The minimum Gasteiger partial charge on any atom is -0.396 e. The van der Waals surface area contributed by atoms with Gasteiger partial charge in [0.25, 0.3) is 0 Å². The normalized spacial score (nSPS) is 33.5. The van der Waals surface area contributed by atoms with Crippen LogP contribution in [0.3, 0.4) is 0 Å². The van der Waals surface area contributed by atoms with Crippen LogP contribution >= 0.6 is 0 Å². The fourth-order valence-corrected chi connectivity index (χ4v) is 3.54. The second kappa shape index (κ2) is 7.58. The summed E-state index contributed by atoms with van der Waals surface area (Å²) in [5, 5.41) is 12.9. The third-order valence-electron chi connectivity index (χ3n) is 4.57. The van der Waals surface area contributed by atoms with Crippen molar-refractivity contribution in [1.29, 1.82) is 0 Å². The van der Waals surface area contributed by atoms with Crippen molar-refractivity contribution < 1.29 is 9.84 Å². The van der Waals surface area contributed by atoms with Gasteiger partial charge in [-0.3, -0.25) is 0 Å². The lowest BCUT2D eigenvalue weighted by atomic mass is 9.81. The van der Waals surface area contributed by atoms with Crippen molar-refractivity contribution in [2.75, 3.05) is 52.5 Å². The molecule has 0 saturated carbocycles. The van der Waals surface area contributed by atoms with Crippen LogP contribution in [-0.4, -0.2) is 62.6 Å². The van der Waals surface area contributed by atoms with E-state index in [4.69, 9.17) is 4.74 Å². The summed E-state index contributed by atoms with van der Waals surface area (Å²) in [4.78, 5) is 2.55. The van der Waals surface area contributed by atoms with E-state index in [1.165, 1.54) is 32.2 Å². The molecule has 0 radical (unpaired) electrons. The van der Waals surface area contributed by atoms with Crippen molar-refractivity contribution in [3.63, 3.8) is 0 Å². The van der Waals surface area contributed by atoms with Crippen molar-refractivity contribution >= 4 is 0 Å². The molecule has 0 bridgehead atoms. The van der Waals surface area contributed by atoms with E-state index in [-0.39, 0.29) is 5.41 Å². The quantitative estimate of drug-likeness (QED) is 0.758. The monoisotopic (exact) mass is 270 g/mol. The number of rotatable bonds is 6. The van der Waals surface area contributed by atoms with Gasteiger partial charge in [-0.25, -0.2) is 0 Å². The Morgan fingerprint density at radius 3 is 3.00 bits per heavy atom. The minimum atomic E-state index is 0.283. The van der Waals surface area contributed by atoms with Crippen LogP contribution < -0.4 is 5.32 Å². The summed E-state index contributed by atoms with van der Waals surface area (Å²) in [6.07, 6.45) is 4.86. The van der Waals surface area contributed by atoms with E-state index >= 15 is 0 Å². The van der Waals surface area contributed by atoms with E-state index in [0.717, 1.165) is 39.4 Å². The number of nitrogens with one attached hydrogen (secondary N) is 1. The molecule has 4 heteroatoms. The number of nitrogens with zero attached hydrogens (tertiary/aromatic N) is 1. The molecular formula is C15H30N2O2. The molecule has 4 nitrogen and oxygen atoms in total. The first-order valence-corrected chi connectivity index (χ1v) is 7.90. The first-order chi connectivity index (χ1) is 9.28. The Kier molecular flexibility index (Phi) is 6.07. The summed E-state index contributed by atoms with van der Waals surface area (Å²) >= 11 is 0. The number of aliphatic hydroxyl groups is 1. The summed E-state index contributed by atoms with van der Waals surface area (Å²) in [7, 11) is 0. The molecule has 2 unspecified atom stereocenters. The molecular weight excluding hydrogens is 240 g/mol. The van der Waals surface area contributed by atoms with Gasteiger partial charge in [-0.05, 0) is 44.7 Å². The molecule has 19 heavy (non-hydrogen) atoms. The average Bonchev–Trinajstić information content (AvgIpc) is 2.46. The van der Waals surface area contributed by atoms with E-state index < -0.39 is 0 Å². The van der Waals surface area contributed by atoms with Gasteiger partial charge < -0.3 is 20.1 Å². The lowest BCUT2D eigenvalue weighted by Gasteiger charge is -2.43. The first-order valence-electron chi connectivity index (χ1n) is 7.90. The van der Waals surface area contributed by atoms with Crippen LogP contribution in [-0.2, 0) is 4.74 Å². The summed E-state index contributed by atoms with van der Waals surface area (Å²) in [5.41, 5.74) is 0.283. The number of ether oxygens (including phenoxy) is 1. The number of aliphatic hydroxyl groups excluding tert-OH is 1. The highest BCUT2D eigenvalue weighted by atomic mass is 16.5. The Labute approximate surface area is 117 Å². The predicted octanol–water partition coefficient (Wildman–Crippen LogP) is 1.10. The lowest BCUT2D eigenvalue weighted by molar-refractivity contribution is -0.0336. The van der Waals surface area contributed by atoms with Crippen LogP contribution in [0.1, 0.15) is 32.6 Å². The predicted molar refractivity (Wildman–Crippen MR) is 77.3 cm³/mol. The lowest BCUT2D eigenvalue weighted by Crippen LogP contribution is -2.51. The second-order valence-corrected chi connectivity index (χ2v) is 6.36. The van der Waals surface area contributed by atoms with Crippen molar-refractivity contribution in [1.82, 2.24) is 10.2 Å². The molecule has 2 N–H and O–H groups in total. The Morgan fingerprint density at radius 1 is 1.42 bits per heavy atom. The first kappa shape index (κ1) is 15.2. The van der Waals surface area contributed by atoms with Gasteiger partial charge in [0.1, 0.15) is 0 Å². The highest BCUT2D eigenvalue weighted by Crippen LogP contribution is 2.30.